The van der Waals surface area contributed by atoms with E-state index in [2.05, 4.69) is 36.5 Å². The van der Waals surface area contributed by atoms with E-state index < -0.39 is 0 Å². The van der Waals surface area contributed by atoms with E-state index in [1.165, 1.54) is 11.1 Å². The van der Waals surface area contributed by atoms with Crippen LogP contribution in [0.15, 0.2) is 24.3 Å². The van der Waals surface area contributed by atoms with Gasteiger partial charge in [0.15, 0.2) is 0 Å². The number of hydrogen-bond acceptors (Lipinski definition) is 2. The molecule has 1 fully saturated rings. The minimum Gasteiger partial charge on any atom is -0.353 e. The van der Waals surface area contributed by atoms with Gasteiger partial charge in [0.25, 0.3) is 0 Å². The summed E-state index contributed by atoms with van der Waals surface area (Å²) in [7, 11) is 0. The first-order valence-electron chi connectivity index (χ1n) is 4.81. The van der Waals surface area contributed by atoms with Crippen molar-refractivity contribution in [1.29, 1.82) is 0 Å². The van der Waals surface area contributed by atoms with E-state index in [9.17, 15) is 0 Å². The Bertz CT molecular complexity index is 299. The van der Waals surface area contributed by atoms with Crippen molar-refractivity contribution in [2.45, 2.75) is 19.3 Å². The van der Waals surface area contributed by atoms with Gasteiger partial charge in [-0.25, -0.2) is 0 Å². The Kier molecular flexibility index (Phi) is 3.06. The van der Waals surface area contributed by atoms with Gasteiger partial charge in [-0.3, -0.25) is 5.32 Å². The molecule has 2 rings (SSSR count). The quantitative estimate of drug-likeness (QED) is 0.758. The van der Waals surface area contributed by atoms with Crippen molar-refractivity contribution < 1.29 is 4.74 Å². The Morgan fingerprint density at radius 2 is 2.14 bits per heavy atom. The minimum absolute atomic E-state index is 0.0133. The van der Waals surface area contributed by atoms with Crippen LogP contribution < -0.4 is 5.32 Å². The van der Waals surface area contributed by atoms with Gasteiger partial charge in [0, 0.05) is 12.4 Å². The summed E-state index contributed by atoms with van der Waals surface area (Å²) in [6.07, 6.45) is 0.155. The highest BCUT2D eigenvalue weighted by Gasteiger charge is 2.24. The lowest BCUT2D eigenvalue weighted by molar-refractivity contribution is 0.0528. The smallest absolute Gasteiger partial charge is 0.134 e. The molecule has 76 valence electrons. The molecule has 0 bridgehead atoms. The number of ether oxygens (including phenoxy) is 1. The van der Waals surface area contributed by atoms with Gasteiger partial charge in [0.1, 0.15) is 6.23 Å². The summed E-state index contributed by atoms with van der Waals surface area (Å²) in [4.78, 5) is 0. The second-order valence-corrected chi connectivity index (χ2v) is 3.92. The predicted molar refractivity (Wildman–Crippen MR) is 57.5 cm³/mol. The minimum atomic E-state index is 0.0133. The Morgan fingerprint density at radius 3 is 2.71 bits per heavy atom. The first-order valence-corrected chi connectivity index (χ1v) is 5.34. The standard InChI is InChI=1S/C11H14ClNO/c1-8-2-4-9(5-3-8)11-13-7-10(6-12)14-11/h2-5,10-11,13H,6-7H2,1H3/t10-,11+/m0/s1. The van der Waals surface area contributed by atoms with Crippen molar-refractivity contribution in [3.63, 3.8) is 0 Å². The number of alkyl halides is 1. The summed E-state index contributed by atoms with van der Waals surface area (Å²) in [5.74, 6) is 0.551. The fourth-order valence-electron chi connectivity index (χ4n) is 1.56. The Hall–Kier alpha value is -0.570. The summed E-state index contributed by atoms with van der Waals surface area (Å²) >= 11 is 5.72. The van der Waals surface area contributed by atoms with Crippen LogP contribution in [0.1, 0.15) is 17.4 Å². The molecule has 2 atom stereocenters. The van der Waals surface area contributed by atoms with E-state index in [1.54, 1.807) is 0 Å². The van der Waals surface area contributed by atoms with Crippen molar-refractivity contribution >= 4 is 11.6 Å². The van der Waals surface area contributed by atoms with E-state index in [0.717, 1.165) is 6.54 Å². The summed E-state index contributed by atoms with van der Waals surface area (Å²) in [5.41, 5.74) is 2.43. The van der Waals surface area contributed by atoms with Crippen molar-refractivity contribution in [1.82, 2.24) is 5.32 Å². The zero-order chi connectivity index (χ0) is 9.97. The molecule has 0 saturated carbocycles. The van der Waals surface area contributed by atoms with Crippen LogP contribution in [-0.4, -0.2) is 18.5 Å². The Labute approximate surface area is 89.2 Å². The molecule has 14 heavy (non-hydrogen) atoms. The molecular weight excluding hydrogens is 198 g/mol. The van der Waals surface area contributed by atoms with Gasteiger partial charge in [0.05, 0.1) is 6.10 Å². The highest BCUT2D eigenvalue weighted by molar-refractivity contribution is 6.18. The van der Waals surface area contributed by atoms with Crippen LogP contribution in [-0.2, 0) is 4.74 Å². The SMILES string of the molecule is Cc1ccc([C@@H]2NC[C@H](CCl)O2)cc1. The molecular formula is C11H14ClNO. The summed E-state index contributed by atoms with van der Waals surface area (Å²) in [6, 6.07) is 8.36. The number of hydrogen-bond donors (Lipinski definition) is 1. The van der Waals surface area contributed by atoms with Gasteiger partial charge in [-0.1, -0.05) is 29.8 Å². The van der Waals surface area contributed by atoms with Crippen LogP contribution in [0.4, 0.5) is 0 Å². The van der Waals surface area contributed by atoms with Gasteiger partial charge >= 0.3 is 0 Å². The number of benzene rings is 1. The molecule has 1 saturated heterocycles. The first-order chi connectivity index (χ1) is 6.79. The fourth-order valence-corrected chi connectivity index (χ4v) is 1.74. The molecule has 1 aliphatic heterocycles. The molecule has 0 aromatic heterocycles. The Morgan fingerprint density at radius 1 is 1.43 bits per heavy atom. The zero-order valence-corrected chi connectivity index (χ0v) is 8.92. The van der Waals surface area contributed by atoms with Gasteiger partial charge in [-0.15, -0.1) is 11.6 Å². The van der Waals surface area contributed by atoms with E-state index in [4.69, 9.17) is 16.3 Å². The molecule has 1 heterocycles. The fraction of sp³-hybridized carbons (Fsp3) is 0.455. The maximum absolute atomic E-state index is 5.72. The number of aryl methyl sites for hydroxylation is 1. The van der Waals surface area contributed by atoms with Crippen LogP contribution >= 0.6 is 11.6 Å². The molecule has 0 spiro atoms. The third-order valence-corrected chi connectivity index (χ3v) is 2.76. The van der Waals surface area contributed by atoms with Gasteiger partial charge in [-0.2, -0.15) is 0 Å². The van der Waals surface area contributed by atoms with E-state index in [0.29, 0.717) is 5.88 Å². The van der Waals surface area contributed by atoms with Crippen molar-refractivity contribution in [3.8, 4) is 0 Å². The van der Waals surface area contributed by atoms with Crippen molar-refractivity contribution in [2.24, 2.45) is 0 Å². The third kappa shape index (κ3) is 2.08. The summed E-state index contributed by atoms with van der Waals surface area (Å²) in [6.45, 7) is 2.91. The molecule has 1 aliphatic rings. The Balaban J connectivity index is 2.06. The van der Waals surface area contributed by atoms with E-state index in [-0.39, 0.29) is 12.3 Å². The lowest BCUT2D eigenvalue weighted by Gasteiger charge is -2.11. The van der Waals surface area contributed by atoms with Crippen LogP contribution in [0.3, 0.4) is 0 Å². The zero-order valence-electron chi connectivity index (χ0n) is 8.16. The predicted octanol–water partition coefficient (Wildman–Crippen LogP) is 2.22. The molecule has 0 aliphatic carbocycles. The van der Waals surface area contributed by atoms with Gasteiger partial charge in [-0.05, 0) is 12.5 Å². The lowest BCUT2D eigenvalue weighted by atomic mass is 10.1. The van der Waals surface area contributed by atoms with Crippen LogP contribution in [0, 0.1) is 6.92 Å². The monoisotopic (exact) mass is 211 g/mol. The van der Waals surface area contributed by atoms with Crippen LogP contribution in [0.5, 0.6) is 0 Å². The highest BCUT2D eigenvalue weighted by atomic mass is 35.5. The normalized spacial score (nSPS) is 26.7. The summed E-state index contributed by atoms with van der Waals surface area (Å²) in [5, 5.41) is 3.29. The number of halogens is 1. The maximum atomic E-state index is 5.72. The average molecular weight is 212 g/mol. The van der Waals surface area contributed by atoms with Crippen LogP contribution in [0.2, 0.25) is 0 Å². The second kappa shape index (κ2) is 4.30. The largest absolute Gasteiger partial charge is 0.353 e. The lowest BCUT2D eigenvalue weighted by Crippen LogP contribution is -2.15. The second-order valence-electron chi connectivity index (χ2n) is 3.61. The number of rotatable bonds is 2. The summed E-state index contributed by atoms with van der Waals surface area (Å²) < 4.78 is 5.69. The molecule has 1 N–H and O–H groups in total. The molecule has 1 aromatic rings. The van der Waals surface area contributed by atoms with Gasteiger partial charge < -0.3 is 4.74 Å². The van der Waals surface area contributed by atoms with Crippen molar-refractivity contribution in [3.05, 3.63) is 35.4 Å². The first kappa shape index (κ1) is 9.97. The third-order valence-electron chi connectivity index (χ3n) is 2.41. The van der Waals surface area contributed by atoms with Gasteiger partial charge in [0.2, 0.25) is 0 Å². The van der Waals surface area contributed by atoms with Crippen LogP contribution in [0.25, 0.3) is 0 Å². The molecule has 0 radical (unpaired) electrons. The molecule has 0 unspecified atom stereocenters. The maximum Gasteiger partial charge on any atom is 0.134 e. The van der Waals surface area contributed by atoms with Crippen molar-refractivity contribution in [2.75, 3.05) is 12.4 Å². The van der Waals surface area contributed by atoms with E-state index in [1.807, 2.05) is 0 Å². The average Bonchev–Trinajstić information content (AvgIpc) is 2.67. The molecule has 0 amide bonds. The van der Waals surface area contributed by atoms with E-state index >= 15 is 0 Å². The molecule has 1 aromatic carbocycles. The molecule has 2 nitrogen and oxygen atoms in total. The molecule has 3 heteroatoms. The topological polar surface area (TPSA) is 21.3 Å². The highest BCUT2D eigenvalue weighted by Crippen LogP contribution is 2.21. The number of nitrogens with one attached hydrogen (secondary N) is 1.